The number of aliphatic hydroxyl groups excluding tert-OH is 1. The predicted octanol–water partition coefficient (Wildman–Crippen LogP) is 2.76. The molecule has 0 bridgehead atoms. The van der Waals surface area contributed by atoms with Crippen molar-refractivity contribution in [3.05, 3.63) is 55.4 Å². The van der Waals surface area contributed by atoms with Crippen LogP contribution in [0.15, 0.2) is 55.4 Å². The number of aliphatic hydroxyl groups is 1. The summed E-state index contributed by atoms with van der Waals surface area (Å²) in [7, 11) is 1.90. The minimum Gasteiger partial charge on any atom is -0.383 e. The minimum absolute atomic E-state index is 0.0899. The Balaban J connectivity index is 1.38. The SMILES string of the molecule is CC(C)[C@@H](O)C(=O)N1CCN(c2ccc(-c3cc(-c4cnn(C)c4)cc4ncncc34)cn2)CC1. The number of nitrogens with zero attached hydrogens (tertiary/aromatic N) is 7. The lowest BCUT2D eigenvalue weighted by atomic mass is 9.97. The van der Waals surface area contributed by atoms with Gasteiger partial charge in [-0.25, -0.2) is 15.0 Å². The number of benzene rings is 1. The number of carbonyl (C=O) groups excluding carboxylic acids is 1. The first kappa shape index (κ1) is 22.9. The number of anilines is 1. The third-order valence-corrected chi connectivity index (χ3v) is 6.52. The van der Waals surface area contributed by atoms with Gasteiger partial charge in [0, 0.05) is 68.3 Å². The topological polar surface area (TPSA) is 100 Å². The van der Waals surface area contributed by atoms with Crippen molar-refractivity contribution in [2.24, 2.45) is 13.0 Å². The molecule has 4 heterocycles. The number of hydrogen-bond acceptors (Lipinski definition) is 7. The normalized spacial score (nSPS) is 15.1. The highest BCUT2D eigenvalue weighted by Gasteiger charge is 2.28. The largest absolute Gasteiger partial charge is 0.383 e. The van der Waals surface area contributed by atoms with Crippen LogP contribution >= 0.6 is 0 Å². The van der Waals surface area contributed by atoms with Gasteiger partial charge in [-0.05, 0) is 41.3 Å². The molecule has 1 fully saturated rings. The van der Waals surface area contributed by atoms with E-state index in [1.54, 1.807) is 15.9 Å². The molecule has 0 radical (unpaired) electrons. The van der Waals surface area contributed by atoms with Crippen LogP contribution in [0.1, 0.15) is 13.8 Å². The second-order valence-electron chi connectivity index (χ2n) is 9.29. The predicted molar refractivity (Wildman–Crippen MR) is 135 cm³/mol. The zero-order chi connectivity index (χ0) is 24.5. The van der Waals surface area contributed by atoms with E-state index in [0.717, 1.165) is 39.0 Å². The van der Waals surface area contributed by atoms with Gasteiger partial charge in [-0.3, -0.25) is 9.48 Å². The van der Waals surface area contributed by atoms with E-state index in [-0.39, 0.29) is 11.8 Å². The fraction of sp³-hybridized carbons (Fsp3) is 0.346. The number of carbonyl (C=O) groups is 1. The van der Waals surface area contributed by atoms with E-state index in [4.69, 9.17) is 4.98 Å². The van der Waals surface area contributed by atoms with Crippen molar-refractivity contribution in [3.63, 3.8) is 0 Å². The van der Waals surface area contributed by atoms with Gasteiger partial charge in [0.05, 0.1) is 11.7 Å². The van der Waals surface area contributed by atoms with E-state index in [1.165, 1.54) is 0 Å². The maximum Gasteiger partial charge on any atom is 0.251 e. The zero-order valence-electron chi connectivity index (χ0n) is 20.2. The van der Waals surface area contributed by atoms with Crippen molar-refractivity contribution >= 4 is 22.6 Å². The summed E-state index contributed by atoms with van der Waals surface area (Å²) >= 11 is 0. The highest BCUT2D eigenvalue weighted by Crippen LogP contribution is 2.33. The molecular formula is C26H29N7O2. The lowest BCUT2D eigenvalue weighted by Crippen LogP contribution is -2.52. The quantitative estimate of drug-likeness (QED) is 0.478. The van der Waals surface area contributed by atoms with Gasteiger partial charge in [-0.2, -0.15) is 5.10 Å². The molecule has 1 atom stereocenters. The van der Waals surface area contributed by atoms with Gasteiger partial charge in [0.2, 0.25) is 0 Å². The summed E-state index contributed by atoms with van der Waals surface area (Å²) in [5.74, 6) is 0.590. The van der Waals surface area contributed by atoms with E-state index >= 15 is 0 Å². The summed E-state index contributed by atoms with van der Waals surface area (Å²) in [4.78, 5) is 29.8. The molecule has 3 aromatic heterocycles. The average Bonchev–Trinajstić information content (AvgIpc) is 3.33. The second-order valence-corrected chi connectivity index (χ2v) is 9.29. The molecule has 9 heteroatoms. The number of fused-ring (bicyclic) bond motifs is 1. The van der Waals surface area contributed by atoms with Crippen molar-refractivity contribution < 1.29 is 9.90 Å². The fourth-order valence-electron chi connectivity index (χ4n) is 4.42. The third-order valence-electron chi connectivity index (χ3n) is 6.52. The molecule has 4 aromatic rings. The maximum absolute atomic E-state index is 12.4. The number of amides is 1. The molecule has 1 aromatic carbocycles. The summed E-state index contributed by atoms with van der Waals surface area (Å²) in [5, 5.41) is 15.4. The number of rotatable bonds is 5. The third kappa shape index (κ3) is 4.59. The Morgan fingerprint density at radius 3 is 2.43 bits per heavy atom. The van der Waals surface area contributed by atoms with Gasteiger partial charge in [-0.15, -0.1) is 0 Å². The number of aryl methyl sites for hydroxylation is 1. The molecule has 0 aliphatic carbocycles. The van der Waals surface area contributed by atoms with E-state index in [0.29, 0.717) is 26.2 Å². The number of hydrogen-bond donors (Lipinski definition) is 1. The van der Waals surface area contributed by atoms with Crippen LogP contribution in [0.4, 0.5) is 5.82 Å². The number of pyridine rings is 1. The van der Waals surface area contributed by atoms with Gasteiger partial charge in [0.15, 0.2) is 0 Å². The Morgan fingerprint density at radius 2 is 1.77 bits per heavy atom. The Bertz CT molecular complexity index is 1340. The molecular weight excluding hydrogens is 442 g/mol. The van der Waals surface area contributed by atoms with Gasteiger partial charge >= 0.3 is 0 Å². The molecule has 5 rings (SSSR count). The summed E-state index contributed by atoms with van der Waals surface area (Å²) < 4.78 is 1.78. The fourth-order valence-corrected chi connectivity index (χ4v) is 4.42. The first-order chi connectivity index (χ1) is 16.9. The zero-order valence-corrected chi connectivity index (χ0v) is 20.2. The van der Waals surface area contributed by atoms with Crippen LogP contribution in [0.5, 0.6) is 0 Å². The molecule has 9 nitrogen and oxygen atoms in total. The average molecular weight is 472 g/mol. The van der Waals surface area contributed by atoms with E-state index < -0.39 is 6.10 Å². The van der Waals surface area contributed by atoms with Gasteiger partial charge in [-0.1, -0.05) is 13.8 Å². The highest BCUT2D eigenvalue weighted by molar-refractivity contribution is 5.97. The van der Waals surface area contributed by atoms with Crippen LogP contribution in [0.25, 0.3) is 33.2 Å². The number of aromatic nitrogens is 5. The molecule has 1 N–H and O–H groups in total. The van der Waals surface area contributed by atoms with Gasteiger partial charge in [0.1, 0.15) is 18.2 Å². The van der Waals surface area contributed by atoms with Crippen molar-refractivity contribution in [2.75, 3.05) is 31.1 Å². The molecule has 35 heavy (non-hydrogen) atoms. The Kier molecular flexibility index (Phi) is 6.17. The Hall–Kier alpha value is -3.85. The molecule has 1 amide bonds. The molecule has 1 saturated heterocycles. The van der Waals surface area contributed by atoms with E-state index in [9.17, 15) is 9.90 Å². The summed E-state index contributed by atoms with van der Waals surface area (Å²) in [6.45, 7) is 6.20. The smallest absolute Gasteiger partial charge is 0.251 e. The standard InChI is InChI=1S/C26H29N7O2/c1-17(2)25(34)26(35)33-8-6-32(7-9-33)24-5-4-18(12-28-24)21-10-19(20-13-30-31(3)15-20)11-23-22(21)14-27-16-29-23/h4-5,10-17,25,34H,6-9H2,1-3H3/t25-/m1/s1. The highest BCUT2D eigenvalue weighted by atomic mass is 16.3. The first-order valence-electron chi connectivity index (χ1n) is 11.8. The number of piperazine rings is 1. The van der Waals surface area contributed by atoms with Crippen molar-refractivity contribution in [2.45, 2.75) is 20.0 Å². The van der Waals surface area contributed by atoms with Crippen LogP contribution in [-0.2, 0) is 11.8 Å². The lowest BCUT2D eigenvalue weighted by Gasteiger charge is -2.36. The second kappa shape index (κ2) is 9.42. The van der Waals surface area contributed by atoms with Crippen molar-refractivity contribution in [1.82, 2.24) is 29.6 Å². The molecule has 180 valence electrons. The van der Waals surface area contributed by atoms with Crippen LogP contribution < -0.4 is 4.90 Å². The van der Waals surface area contributed by atoms with Gasteiger partial charge < -0.3 is 14.9 Å². The van der Waals surface area contributed by atoms with Crippen LogP contribution in [0, 0.1) is 5.92 Å². The van der Waals surface area contributed by atoms with Crippen LogP contribution in [0.3, 0.4) is 0 Å². The Labute approximate surface area is 204 Å². The summed E-state index contributed by atoms with van der Waals surface area (Å²) in [5.41, 5.74) is 4.92. The maximum atomic E-state index is 12.4. The first-order valence-corrected chi connectivity index (χ1v) is 11.8. The van der Waals surface area contributed by atoms with E-state index in [2.05, 4.69) is 38.2 Å². The van der Waals surface area contributed by atoms with Crippen LogP contribution in [0.2, 0.25) is 0 Å². The molecule has 1 aliphatic rings. The molecule has 1 aliphatic heterocycles. The van der Waals surface area contributed by atoms with Crippen molar-refractivity contribution in [1.29, 1.82) is 0 Å². The van der Waals surface area contributed by atoms with Crippen molar-refractivity contribution in [3.8, 4) is 22.3 Å². The van der Waals surface area contributed by atoms with Gasteiger partial charge in [0.25, 0.3) is 5.91 Å². The van der Waals surface area contributed by atoms with Crippen LogP contribution in [-0.4, -0.2) is 72.9 Å². The lowest BCUT2D eigenvalue weighted by molar-refractivity contribution is -0.142. The Morgan fingerprint density at radius 1 is 0.971 bits per heavy atom. The summed E-state index contributed by atoms with van der Waals surface area (Å²) in [6, 6.07) is 8.26. The monoisotopic (exact) mass is 471 g/mol. The minimum atomic E-state index is -0.944. The molecule has 0 unspecified atom stereocenters. The molecule has 0 saturated carbocycles. The van der Waals surface area contributed by atoms with E-state index in [1.807, 2.05) is 51.7 Å². The summed E-state index contributed by atoms with van der Waals surface area (Å²) in [6.07, 6.45) is 8.16. The molecule has 0 spiro atoms.